The zero-order chi connectivity index (χ0) is 14.0. The lowest BCUT2D eigenvalue weighted by molar-refractivity contribution is -0.131. The van der Waals surface area contributed by atoms with E-state index in [9.17, 15) is 13.2 Å². The van der Waals surface area contributed by atoms with Crippen molar-refractivity contribution in [3.05, 3.63) is 29.8 Å². The quantitative estimate of drug-likeness (QED) is 0.834. The molecule has 0 aromatic heterocycles. The van der Waals surface area contributed by atoms with E-state index in [2.05, 4.69) is 12.6 Å². The van der Waals surface area contributed by atoms with Crippen molar-refractivity contribution in [3.63, 3.8) is 0 Å². The summed E-state index contributed by atoms with van der Waals surface area (Å²) in [6.07, 6.45) is 0.304. The van der Waals surface area contributed by atoms with E-state index in [0.717, 1.165) is 10.5 Å². The van der Waals surface area contributed by atoms with Crippen LogP contribution < -0.4 is 0 Å². The normalized spacial score (nSPS) is 22.2. The number of carbonyl (C=O) groups excluding carboxylic acids is 1. The van der Waals surface area contributed by atoms with Gasteiger partial charge in [-0.3, -0.25) is 4.79 Å². The summed E-state index contributed by atoms with van der Waals surface area (Å²) in [5.74, 6) is 0.113. The van der Waals surface area contributed by atoms with Crippen LogP contribution in [0, 0.1) is 0 Å². The summed E-state index contributed by atoms with van der Waals surface area (Å²) < 4.78 is 23.0. The van der Waals surface area contributed by atoms with E-state index in [1.54, 1.807) is 11.8 Å². The number of benzene rings is 1. The number of carbonyl (C=O) groups is 1. The van der Waals surface area contributed by atoms with E-state index in [1.807, 2.05) is 24.3 Å². The second-order valence-corrected chi connectivity index (χ2v) is 7.64. The predicted octanol–water partition coefficient (Wildman–Crippen LogP) is 1.16. The molecule has 0 saturated carbocycles. The Morgan fingerprint density at radius 1 is 1.37 bits per heavy atom. The molecule has 1 heterocycles. The topological polar surface area (TPSA) is 54.5 Å². The molecule has 2 rings (SSSR count). The van der Waals surface area contributed by atoms with Gasteiger partial charge in [-0.25, -0.2) is 8.42 Å². The van der Waals surface area contributed by atoms with Gasteiger partial charge in [0.1, 0.15) is 0 Å². The molecule has 1 fully saturated rings. The van der Waals surface area contributed by atoms with Crippen molar-refractivity contribution in [2.75, 3.05) is 18.1 Å². The van der Waals surface area contributed by atoms with E-state index >= 15 is 0 Å². The molecule has 1 amide bonds. The molecular weight excluding hydrogens is 282 g/mol. The summed E-state index contributed by atoms with van der Waals surface area (Å²) in [4.78, 5) is 14.7. The molecule has 0 bridgehead atoms. The molecule has 4 nitrogen and oxygen atoms in total. The van der Waals surface area contributed by atoms with Crippen LogP contribution in [0.4, 0.5) is 0 Å². The Morgan fingerprint density at radius 3 is 2.58 bits per heavy atom. The molecule has 1 aliphatic rings. The van der Waals surface area contributed by atoms with Crippen molar-refractivity contribution in [2.24, 2.45) is 0 Å². The first-order valence-corrected chi connectivity index (χ1v) is 8.42. The minimum absolute atomic E-state index is 0.0192. The number of hydrogen-bond acceptors (Lipinski definition) is 4. The number of thiol groups is 1. The van der Waals surface area contributed by atoms with E-state index in [-0.39, 0.29) is 23.5 Å². The van der Waals surface area contributed by atoms with Crippen LogP contribution in [-0.4, -0.2) is 43.3 Å². The van der Waals surface area contributed by atoms with Crippen LogP contribution in [0.2, 0.25) is 0 Å². The SMILES string of the molecule is CC1CS(=O)(=O)CCN1C(=O)Cc1ccc(S)cc1. The zero-order valence-corrected chi connectivity index (χ0v) is 12.5. The number of sulfone groups is 1. The van der Waals surface area contributed by atoms with Crippen LogP contribution in [0.25, 0.3) is 0 Å². The number of hydrogen-bond donors (Lipinski definition) is 1. The summed E-state index contributed by atoms with van der Waals surface area (Å²) in [5, 5.41) is 0. The molecule has 1 atom stereocenters. The van der Waals surface area contributed by atoms with Crippen molar-refractivity contribution < 1.29 is 13.2 Å². The predicted molar refractivity (Wildman–Crippen MR) is 77.2 cm³/mol. The van der Waals surface area contributed by atoms with Crippen molar-refractivity contribution in [1.82, 2.24) is 4.90 Å². The average Bonchev–Trinajstić information content (AvgIpc) is 2.30. The Hall–Kier alpha value is -1.01. The molecule has 1 unspecified atom stereocenters. The lowest BCUT2D eigenvalue weighted by atomic mass is 10.1. The number of amides is 1. The maximum absolute atomic E-state index is 12.2. The van der Waals surface area contributed by atoms with Crippen LogP contribution in [0.15, 0.2) is 29.2 Å². The highest BCUT2D eigenvalue weighted by Gasteiger charge is 2.30. The highest BCUT2D eigenvalue weighted by Crippen LogP contribution is 2.14. The molecule has 0 radical (unpaired) electrons. The Bertz CT molecular complexity index is 566. The summed E-state index contributed by atoms with van der Waals surface area (Å²) in [7, 11) is -2.98. The van der Waals surface area contributed by atoms with Gasteiger partial charge >= 0.3 is 0 Å². The largest absolute Gasteiger partial charge is 0.338 e. The Morgan fingerprint density at radius 2 is 2.00 bits per heavy atom. The van der Waals surface area contributed by atoms with Crippen molar-refractivity contribution >= 4 is 28.4 Å². The van der Waals surface area contributed by atoms with Crippen LogP contribution >= 0.6 is 12.6 Å². The highest BCUT2D eigenvalue weighted by molar-refractivity contribution is 7.91. The van der Waals surface area contributed by atoms with Gasteiger partial charge in [0, 0.05) is 17.5 Å². The first-order valence-electron chi connectivity index (χ1n) is 6.15. The summed E-state index contributed by atoms with van der Waals surface area (Å²) in [6, 6.07) is 7.18. The van der Waals surface area contributed by atoms with E-state index in [4.69, 9.17) is 0 Å². The zero-order valence-electron chi connectivity index (χ0n) is 10.7. The lowest BCUT2D eigenvalue weighted by Crippen LogP contribution is -2.50. The van der Waals surface area contributed by atoms with Crippen LogP contribution in [0.1, 0.15) is 12.5 Å². The van der Waals surface area contributed by atoms with Gasteiger partial charge in [0.25, 0.3) is 0 Å². The van der Waals surface area contributed by atoms with Crippen LogP contribution in [0.3, 0.4) is 0 Å². The number of nitrogens with zero attached hydrogens (tertiary/aromatic N) is 1. The Kier molecular flexibility index (Phi) is 4.20. The second-order valence-electron chi connectivity index (χ2n) is 4.89. The molecule has 1 saturated heterocycles. The van der Waals surface area contributed by atoms with E-state index in [0.29, 0.717) is 13.0 Å². The molecule has 19 heavy (non-hydrogen) atoms. The molecule has 0 N–H and O–H groups in total. The molecule has 6 heteroatoms. The lowest BCUT2D eigenvalue weighted by Gasteiger charge is -2.33. The summed E-state index contributed by atoms with van der Waals surface area (Å²) in [5.41, 5.74) is 0.920. The van der Waals surface area contributed by atoms with Crippen molar-refractivity contribution in [3.8, 4) is 0 Å². The van der Waals surface area contributed by atoms with Gasteiger partial charge in [-0.15, -0.1) is 12.6 Å². The van der Waals surface area contributed by atoms with Crippen molar-refractivity contribution in [2.45, 2.75) is 24.3 Å². The van der Waals surface area contributed by atoms with Gasteiger partial charge in [0.05, 0.1) is 17.9 Å². The molecule has 1 aromatic rings. The molecule has 1 aromatic carbocycles. The third-order valence-corrected chi connectivity index (χ3v) is 5.38. The smallest absolute Gasteiger partial charge is 0.227 e. The van der Waals surface area contributed by atoms with Gasteiger partial charge in [-0.05, 0) is 24.6 Å². The van der Waals surface area contributed by atoms with Gasteiger partial charge < -0.3 is 4.90 Å². The standard InChI is InChI=1S/C13H17NO3S2/c1-10-9-19(16,17)7-6-14(10)13(15)8-11-2-4-12(18)5-3-11/h2-5,10,18H,6-9H2,1H3. The fourth-order valence-electron chi connectivity index (χ4n) is 2.26. The fourth-order valence-corrected chi connectivity index (χ4v) is 3.96. The minimum Gasteiger partial charge on any atom is -0.338 e. The van der Waals surface area contributed by atoms with Gasteiger partial charge in [0.15, 0.2) is 9.84 Å². The summed E-state index contributed by atoms with van der Waals surface area (Å²) >= 11 is 4.20. The van der Waals surface area contributed by atoms with Crippen molar-refractivity contribution in [1.29, 1.82) is 0 Å². The Balaban J connectivity index is 2.02. The maximum atomic E-state index is 12.2. The van der Waals surface area contributed by atoms with Gasteiger partial charge in [-0.2, -0.15) is 0 Å². The molecule has 1 aliphatic heterocycles. The van der Waals surface area contributed by atoms with Crippen LogP contribution in [0.5, 0.6) is 0 Å². The third-order valence-electron chi connectivity index (χ3n) is 3.28. The summed E-state index contributed by atoms with van der Waals surface area (Å²) in [6.45, 7) is 2.08. The first-order chi connectivity index (χ1) is 8.87. The second kappa shape index (κ2) is 5.54. The highest BCUT2D eigenvalue weighted by atomic mass is 32.2. The number of rotatable bonds is 2. The maximum Gasteiger partial charge on any atom is 0.227 e. The third kappa shape index (κ3) is 3.73. The van der Waals surface area contributed by atoms with Crippen LogP contribution in [-0.2, 0) is 21.1 Å². The minimum atomic E-state index is -2.98. The van der Waals surface area contributed by atoms with Gasteiger partial charge in [0.2, 0.25) is 5.91 Å². The fraction of sp³-hybridized carbons (Fsp3) is 0.462. The molecule has 0 spiro atoms. The molecular formula is C13H17NO3S2. The van der Waals surface area contributed by atoms with Gasteiger partial charge in [-0.1, -0.05) is 12.1 Å². The Labute approximate surface area is 119 Å². The average molecular weight is 299 g/mol. The molecule has 0 aliphatic carbocycles. The first kappa shape index (κ1) is 14.4. The monoisotopic (exact) mass is 299 g/mol. The van der Waals surface area contributed by atoms with E-state index in [1.165, 1.54) is 0 Å². The molecule has 104 valence electrons. The van der Waals surface area contributed by atoms with E-state index < -0.39 is 9.84 Å².